The van der Waals surface area contributed by atoms with Crippen molar-refractivity contribution in [3.63, 3.8) is 0 Å². The molecule has 1 N–H and O–H groups in total. The molecule has 0 saturated carbocycles. The number of anilines is 1. The standard InChI is InChI=1S/C17H16ClN5OS/c1-11-6-3-4-7-12(11)16-21-22-17(23(16)2)25-10-14(24)20-13-8-5-9-19-15(13)18/h3-9H,10H2,1-2H3,(H,20,24). The van der Waals surface area contributed by atoms with E-state index in [1.165, 1.54) is 11.8 Å². The van der Waals surface area contributed by atoms with Crippen LogP contribution in [0.2, 0.25) is 5.15 Å². The van der Waals surface area contributed by atoms with Crippen molar-refractivity contribution in [2.75, 3.05) is 11.1 Å². The molecule has 128 valence electrons. The van der Waals surface area contributed by atoms with Crippen molar-refractivity contribution in [2.24, 2.45) is 7.05 Å². The molecule has 0 aliphatic heterocycles. The van der Waals surface area contributed by atoms with E-state index >= 15 is 0 Å². The molecular formula is C17H16ClN5OS. The molecule has 0 spiro atoms. The minimum Gasteiger partial charge on any atom is -0.323 e. The molecule has 2 aromatic heterocycles. The monoisotopic (exact) mass is 373 g/mol. The highest BCUT2D eigenvalue weighted by Gasteiger charge is 2.14. The Kier molecular flexibility index (Phi) is 5.35. The predicted octanol–water partition coefficient (Wildman–Crippen LogP) is 3.57. The number of hydrogen-bond donors (Lipinski definition) is 1. The Morgan fingerprint density at radius 1 is 1.24 bits per heavy atom. The number of aryl methyl sites for hydroxylation is 1. The Labute approximate surface area is 154 Å². The van der Waals surface area contributed by atoms with E-state index in [0.29, 0.717) is 10.8 Å². The second kappa shape index (κ2) is 7.67. The van der Waals surface area contributed by atoms with Crippen molar-refractivity contribution >= 4 is 35.0 Å². The van der Waals surface area contributed by atoms with E-state index < -0.39 is 0 Å². The van der Waals surface area contributed by atoms with Gasteiger partial charge in [0.2, 0.25) is 5.91 Å². The molecule has 0 radical (unpaired) electrons. The van der Waals surface area contributed by atoms with Gasteiger partial charge in [0.1, 0.15) is 0 Å². The van der Waals surface area contributed by atoms with Crippen LogP contribution in [0.4, 0.5) is 5.69 Å². The summed E-state index contributed by atoms with van der Waals surface area (Å²) in [5.74, 6) is 0.793. The van der Waals surface area contributed by atoms with E-state index in [1.54, 1.807) is 18.3 Å². The van der Waals surface area contributed by atoms with E-state index in [9.17, 15) is 4.79 Å². The van der Waals surface area contributed by atoms with Gasteiger partial charge in [0.15, 0.2) is 16.1 Å². The first-order valence-corrected chi connectivity index (χ1v) is 8.91. The van der Waals surface area contributed by atoms with Crippen LogP contribution in [0.1, 0.15) is 5.56 Å². The molecule has 1 amide bonds. The summed E-state index contributed by atoms with van der Waals surface area (Å²) in [6.45, 7) is 2.03. The van der Waals surface area contributed by atoms with Crippen molar-refractivity contribution < 1.29 is 4.79 Å². The lowest BCUT2D eigenvalue weighted by molar-refractivity contribution is -0.113. The highest BCUT2D eigenvalue weighted by atomic mass is 35.5. The van der Waals surface area contributed by atoms with Crippen molar-refractivity contribution in [3.05, 3.63) is 53.3 Å². The smallest absolute Gasteiger partial charge is 0.234 e. The number of aromatic nitrogens is 4. The number of amides is 1. The maximum absolute atomic E-state index is 12.1. The molecule has 6 nitrogen and oxygen atoms in total. The highest BCUT2D eigenvalue weighted by Crippen LogP contribution is 2.25. The summed E-state index contributed by atoms with van der Waals surface area (Å²) >= 11 is 7.25. The van der Waals surface area contributed by atoms with E-state index in [2.05, 4.69) is 20.5 Å². The third-order valence-electron chi connectivity index (χ3n) is 3.59. The molecule has 2 heterocycles. The number of halogens is 1. The van der Waals surface area contributed by atoms with E-state index in [4.69, 9.17) is 11.6 Å². The molecule has 0 atom stereocenters. The quantitative estimate of drug-likeness (QED) is 0.546. The number of thioether (sulfide) groups is 1. The molecule has 0 bridgehead atoms. The van der Waals surface area contributed by atoms with E-state index in [-0.39, 0.29) is 16.8 Å². The molecule has 0 fully saturated rings. The van der Waals surface area contributed by atoms with Crippen LogP contribution in [0.15, 0.2) is 47.8 Å². The number of pyridine rings is 1. The van der Waals surface area contributed by atoms with E-state index in [1.807, 2.05) is 42.8 Å². The Hall–Kier alpha value is -2.38. The van der Waals surface area contributed by atoms with Gasteiger partial charge in [-0.05, 0) is 24.6 Å². The van der Waals surface area contributed by atoms with Crippen LogP contribution in [0.25, 0.3) is 11.4 Å². The van der Waals surface area contributed by atoms with Gasteiger partial charge in [0.05, 0.1) is 11.4 Å². The molecule has 0 saturated heterocycles. The fourth-order valence-electron chi connectivity index (χ4n) is 2.29. The predicted molar refractivity (Wildman–Crippen MR) is 99.8 cm³/mol. The van der Waals surface area contributed by atoms with E-state index in [0.717, 1.165) is 17.0 Å². The number of rotatable bonds is 5. The van der Waals surface area contributed by atoms with Gasteiger partial charge in [-0.25, -0.2) is 4.98 Å². The molecule has 25 heavy (non-hydrogen) atoms. The number of hydrogen-bond acceptors (Lipinski definition) is 5. The first kappa shape index (κ1) is 17.4. The maximum Gasteiger partial charge on any atom is 0.234 e. The summed E-state index contributed by atoms with van der Waals surface area (Å²) < 4.78 is 1.89. The van der Waals surface area contributed by atoms with Crippen LogP contribution >= 0.6 is 23.4 Å². The average Bonchev–Trinajstić information content (AvgIpc) is 2.96. The normalized spacial score (nSPS) is 10.7. The summed E-state index contributed by atoms with van der Waals surface area (Å²) in [5, 5.41) is 12.1. The zero-order valence-corrected chi connectivity index (χ0v) is 15.3. The fourth-order valence-corrected chi connectivity index (χ4v) is 3.17. The van der Waals surface area contributed by atoms with Crippen molar-refractivity contribution in [2.45, 2.75) is 12.1 Å². The number of nitrogens with one attached hydrogen (secondary N) is 1. The lowest BCUT2D eigenvalue weighted by Crippen LogP contribution is -2.15. The third kappa shape index (κ3) is 4.00. The lowest BCUT2D eigenvalue weighted by Gasteiger charge is -2.07. The summed E-state index contributed by atoms with van der Waals surface area (Å²) in [6, 6.07) is 11.4. The number of carbonyl (C=O) groups excluding carboxylic acids is 1. The van der Waals surface area contributed by atoms with Gasteiger partial charge in [-0.15, -0.1) is 10.2 Å². The second-order valence-corrected chi connectivity index (χ2v) is 6.66. The summed E-state index contributed by atoms with van der Waals surface area (Å²) in [6.07, 6.45) is 1.57. The largest absolute Gasteiger partial charge is 0.323 e. The van der Waals surface area contributed by atoms with Crippen LogP contribution in [0.3, 0.4) is 0 Å². The maximum atomic E-state index is 12.1. The zero-order chi connectivity index (χ0) is 17.8. The summed E-state index contributed by atoms with van der Waals surface area (Å²) in [4.78, 5) is 16.0. The zero-order valence-electron chi connectivity index (χ0n) is 13.7. The molecule has 3 aromatic rings. The first-order chi connectivity index (χ1) is 12.1. The highest BCUT2D eigenvalue weighted by molar-refractivity contribution is 7.99. The van der Waals surface area contributed by atoms with Gasteiger partial charge < -0.3 is 9.88 Å². The number of benzene rings is 1. The topological polar surface area (TPSA) is 72.7 Å². The van der Waals surface area contributed by atoms with Gasteiger partial charge in [0, 0.05) is 18.8 Å². The lowest BCUT2D eigenvalue weighted by atomic mass is 10.1. The van der Waals surface area contributed by atoms with Crippen molar-refractivity contribution in [1.82, 2.24) is 19.7 Å². The van der Waals surface area contributed by atoms with Gasteiger partial charge in [-0.3, -0.25) is 4.79 Å². The van der Waals surface area contributed by atoms with Crippen LogP contribution in [-0.2, 0) is 11.8 Å². The fraction of sp³-hybridized carbons (Fsp3) is 0.176. The third-order valence-corrected chi connectivity index (χ3v) is 4.91. The molecule has 3 rings (SSSR count). The SMILES string of the molecule is Cc1ccccc1-c1nnc(SCC(=O)Nc2cccnc2Cl)n1C. The van der Waals surface area contributed by atoms with Crippen molar-refractivity contribution in [3.8, 4) is 11.4 Å². The van der Waals surface area contributed by atoms with Gasteiger partial charge in [0.25, 0.3) is 0 Å². The van der Waals surface area contributed by atoms with Gasteiger partial charge in [-0.1, -0.05) is 47.6 Å². The minimum absolute atomic E-state index is 0.180. The average molecular weight is 374 g/mol. The molecule has 0 aliphatic carbocycles. The van der Waals surface area contributed by atoms with Crippen LogP contribution < -0.4 is 5.32 Å². The molecule has 0 aliphatic rings. The van der Waals surface area contributed by atoms with Crippen LogP contribution in [0, 0.1) is 6.92 Å². The number of nitrogens with zero attached hydrogens (tertiary/aromatic N) is 4. The number of carbonyl (C=O) groups is 1. The summed E-state index contributed by atoms with van der Waals surface area (Å²) in [5.41, 5.74) is 2.64. The van der Waals surface area contributed by atoms with Crippen LogP contribution in [0.5, 0.6) is 0 Å². The Balaban J connectivity index is 1.67. The van der Waals surface area contributed by atoms with Crippen molar-refractivity contribution in [1.29, 1.82) is 0 Å². The van der Waals surface area contributed by atoms with Crippen LogP contribution in [-0.4, -0.2) is 31.4 Å². The first-order valence-electron chi connectivity index (χ1n) is 7.55. The Morgan fingerprint density at radius 3 is 2.80 bits per heavy atom. The Morgan fingerprint density at radius 2 is 2.04 bits per heavy atom. The minimum atomic E-state index is -0.180. The van der Waals surface area contributed by atoms with Gasteiger partial charge in [-0.2, -0.15) is 0 Å². The molecule has 1 aromatic carbocycles. The second-order valence-electron chi connectivity index (χ2n) is 5.36. The van der Waals surface area contributed by atoms with Gasteiger partial charge >= 0.3 is 0 Å². The summed E-state index contributed by atoms with van der Waals surface area (Å²) in [7, 11) is 1.89. The molecule has 8 heteroatoms. The Bertz CT molecular complexity index is 912. The molecule has 0 unspecified atom stereocenters. The molecular weight excluding hydrogens is 358 g/mol.